The van der Waals surface area contributed by atoms with E-state index in [0.717, 1.165) is 0 Å². The van der Waals surface area contributed by atoms with Gasteiger partial charge in [0.25, 0.3) is 11.5 Å². The first-order valence-corrected chi connectivity index (χ1v) is 8.76. The maximum atomic E-state index is 12.5. The molecule has 0 fully saturated rings. The summed E-state index contributed by atoms with van der Waals surface area (Å²) < 4.78 is 6.50. The van der Waals surface area contributed by atoms with Crippen LogP contribution in [0.1, 0.15) is 16.2 Å². The third-order valence-corrected chi connectivity index (χ3v) is 4.89. The van der Waals surface area contributed by atoms with Crippen molar-refractivity contribution in [2.24, 2.45) is 0 Å². The normalized spacial score (nSPS) is 11.3. The number of aromatic nitrogens is 3. The first-order valence-electron chi connectivity index (χ1n) is 7.88. The summed E-state index contributed by atoms with van der Waals surface area (Å²) in [6.07, 6.45) is 0. The maximum Gasteiger partial charge on any atom is 0.417 e. The number of aromatic amines is 1. The summed E-state index contributed by atoms with van der Waals surface area (Å²) in [7, 11) is 0. The highest BCUT2D eigenvalue weighted by atomic mass is 32.1. The molecule has 26 heavy (non-hydrogen) atoms. The summed E-state index contributed by atoms with van der Waals surface area (Å²) >= 11 is 1.43. The van der Waals surface area contributed by atoms with E-state index in [9.17, 15) is 14.4 Å². The number of thiophene rings is 1. The lowest BCUT2D eigenvalue weighted by Crippen LogP contribution is -2.32. The third-order valence-electron chi connectivity index (χ3n) is 4.08. The Hall–Kier alpha value is -3.20. The highest BCUT2D eigenvalue weighted by molar-refractivity contribution is 7.16. The van der Waals surface area contributed by atoms with Crippen LogP contribution >= 0.6 is 11.3 Å². The van der Waals surface area contributed by atoms with Crippen LogP contribution in [0.15, 0.2) is 43.7 Å². The van der Waals surface area contributed by atoms with E-state index in [4.69, 9.17) is 4.42 Å². The molecule has 4 aromatic rings. The molecule has 8 nitrogen and oxygen atoms in total. The van der Waals surface area contributed by atoms with Gasteiger partial charge < -0.3 is 9.73 Å². The van der Waals surface area contributed by atoms with Crippen molar-refractivity contribution in [3.8, 4) is 0 Å². The molecular weight excluding hydrogens is 356 g/mol. The Morgan fingerprint density at radius 3 is 3.04 bits per heavy atom. The van der Waals surface area contributed by atoms with Gasteiger partial charge in [-0.1, -0.05) is 0 Å². The van der Waals surface area contributed by atoms with E-state index in [-0.39, 0.29) is 18.0 Å². The Kier molecular flexibility index (Phi) is 3.92. The number of hydrogen-bond donors (Lipinski definition) is 2. The number of rotatable bonds is 4. The predicted molar refractivity (Wildman–Crippen MR) is 97.8 cm³/mol. The number of nitrogens with one attached hydrogen (secondary N) is 2. The average molecular weight is 370 g/mol. The number of H-pyrrole nitrogens is 1. The van der Waals surface area contributed by atoms with E-state index < -0.39 is 5.76 Å². The second kappa shape index (κ2) is 6.26. The lowest BCUT2D eigenvalue weighted by molar-refractivity contribution is 0.0952. The van der Waals surface area contributed by atoms with E-state index in [0.29, 0.717) is 39.2 Å². The van der Waals surface area contributed by atoms with Gasteiger partial charge in [0.15, 0.2) is 5.58 Å². The van der Waals surface area contributed by atoms with E-state index in [1.165, 1.54) is 17.4 Å². The highest BCUT2D eigenvalue weighted by Gasteiger charge is 2.11. The Balaban J connectivity index is 1.49. The van der Waals surface area contributed by atoms with E-state index in [1.807, 2.05) is 5.38 Å². The predicted octanol–water partition coefficient (Wildman–Crippen LogP) is 1.63. The Morgan fingerprint density at radius 1 is 1.35 bits per heavy atom. The van der Waals surface area contributed by atoms with E-state index in [1.54, 1.807) is 29.7 Å². The molecule has 0 saturated carbocycles. The largest absolute Gasteiger partial charge is 0.417 e. The van der Waals surface area contributed by atoms with Crippen molar-refractivity contribution in [2.45, 2.75) is 13.5 Å². The zero-order valence-electron chi connectivity index (χ0n) is 13.7. The summed E-state index contributed by atoms with van der Waals surface area (Å²) in [6.45, 7) is 2.35. The molecule has 0 atom stereocenters. The molecule has 0 aliphatic rings. The van der Waals surface area contributed by atoms with Crippen LogP contribution < -0.4 is 16.6 Å². The number of benzene rings is 1. The topological polar surface area (TPSA) is 110 Å². The number of carbonyl (C=O) groups is 1. The Morgan fingerprint density at radius 2 is 2.19 bits per heavy atom. The summed E-state index contributed by atoms with van der Waals surface area (Å²) in [4.78, 5) is 43.6. The van der Waals surface area contributed by atoms with Crippen LogP contribution in [0.2, 0.25) is 0 Å². The van der Waals surface area contributed by atoms with Crippen LogP contribution in [0.25, 0.3) is 21.3 Å². The summed E-state index contributed by atoms with van der Waals surface area (Å²) in [5.41, 5.74) is 1.11. The molecule has 1 amide bonds. The van der Waals surface area contributed by atoms with Crippen LogP contribution in [0.3, 0.4) is 0 Å². The van der Waals surface area contributed by atoms with Crippen molar-refractivity contribution in [3.05, 3.63) is 61.9 Å². The maximum absolute atomic E-state index is 12.5. The van der Waals surface area contributed by atoms with Gasteiger partial charge in [-0.25, -0.2) is 9.78 Å². The molecule has 2 N–H and O–H groups in total. The second-order valence-electron chi connectivity index (χ2n) is 5.74. The Bertz CT molecular complexity index is 1250. The molecule has 1 aromatic carbocycles. The molecule has 0 unspecified atom stereocenters. The van der Waals surface area contributed by atoms with Gasteiger partial charge in [-0.05, 0) is 36.6 Å². The first-order chi connectivity index (χ1) is 12.5. The number of hydrogen-bond acceptors (Lipinski definition) is 6. The zero-order chi connectivity index (χ0) is 18.3. The van der Waals surface area contributed by atoms with Crippen LogP contribution in [-0.4, -0.2) is 27.0 Å². The summed E-state index contributed by atoms with van der Waals surface area (Å²) in [5, 5.41) is 5.18. The van der Waals surface area contributed by atoms with Gasteiger partial charge in [-0.15, -0.1) is 11.3 Å². The molecule has 0 bridgehead atoms. The second-order valence-corrected chi connectivity index (χ2v) is 6.63. The molecule has 9 heteroatoms. The minimum absolute atomic E-state index is 0.112. The smallest absolute Gasteiger partial charge is 0.408 e. The lowest BCUT2D eigenvalue weighted by atomic mass is 10.2. The van der Waals surface area contributed by atoms with Crippen LogP contribution in [0, 0.1) is 6.92 Å². The van der Waals surface area contributed by atoms with Gasteiger partial charge in [0.1, 0.15) is 10.7 Å². The van der Waals surface area contributed by atoms with Crippen LogP contribution in [0.4, 0.5) is 0 Å². The van der Waals surface area contributed by atoms with Crippen LogP contribution in [-0.2, 0) is 6.54 Å². The number of carbonyl (C=O) groups excluding carboxylic acids is 1. The van der Waals surface area contributed by atoms with Crippen LogP contribution in [0.5, 0.6) is 0 Å². The molecule has 3 heterocycles. The Labute approximate surface area is 150 Å². The number of aryl methyl sites for hydroxylation is 1. The molecule has 0 saturated heterocycles. The number of fused-ring (bicyclic) bond motifs is 2. The number of oxazole rings is 1. The SMILES string of the molecule is Cc1nc2sccc2c(=O)n1CCNC(=O)c1ccc2[nH]c(=O)oc2c1. The lowest BCUT2D eigenvalue weighted by Gasteiger charge is -2.10. The molecule has 0 spiro atoms. The van der Waals surface area contributed by atoms with Gasteiger partial charge in [-0.3, -0.25) is 19.1 Å². The quantitative estimate of drug-likeness (QED) is 0.567. The number of nitrogens with zero attached hydrogens (tertiary/aromatic N) is 2. The fourth-order valence-corrected chi connectivity index (χ4v) is 3.58. The van der Waals surface area contributed by atoms with Gasteiger partial charge in [-0.2, -0.15) is 0 Å². The standard InChI is InChI=1S/C17H14N4O4S/c1-9-19-15-11(4-7-26-15)16(23)21(9)6-5-18-14(22)10-2-3-12-13(8-10)25-17(24)20-12/h2-4,7-8H,5-6H2,1H3,(H,18,22)(H,20,24). The molecule has 0 aliphatic heterocycles. The molecule has 0 aliphatic carbocycles. The van der Waals surface area contributed by atoms with Gasteiger partial charge in [0, 0.05) is 18.7 Å². The van der Waals surface area contributed by atoms with Crippen molar-refractivity contribution in [3.63, 3.8) is 0 Å². The average Bonchev–Trinajstić information content (AvgIpc) is 3.22. The van der Waals surface area contributed by atoms with Gasteiger partial charge in [0.05, 0.1) is 10.9 Å². The zero-order valence-corrected chi connectivity index (χ0v) is 14.6. The van der Waals surface area contributed by atoms with Crippen molar-refractivity contribution in [1.29, 1.82) is 0 Å². The first kappa shape index (κ1) is 16.3. The highest BCUT2D eigenvalue weighted by Crippen LogP contribution is 2.15. The minimum atomic E-state index is -0.566. The van der Waals surface area contributed by atoms with Crippen molar-refractivity contribution >= 4 is 38.6 Å². The molecule has 4 rings (SSSR count). The van der Waals surface area contributed by atoms with E-state index in [2.05, 4.69) is 15.3 Å². The monoisotopic (exact) mass is 370 g/mol. The van der Waals surface area contributed by atoms with Gasteiger partial charge >= 0.3 is 5.76 Å². The molecule has 3 aromatic heterocycles. The van der Waals surface area contributed by atoms with Crippen molar-refractivity contribution in [2.75, 3.05) is 6.54 Å². The summed E-state index contributed by atoms with van der Waals surface area (Å²) in [5.74, 6) is -0.274. The fraction of sp³-hybridized carbons (Fsp3) is 0.176. The molecule has 132 valence electrons. The van der Waals surface area contributed by atoms with Crippen molar-refractivity contribution < 1.29 is 9.21 Å². The molecule has 0 radical (unpaired) electrons. The molecular formula is C17H14N4O4S. The van der Waals surface area contributed by atoms with Gasteiger partial charge in [0.2, 0.25) is 0 Å². The third kappa shape index (κ3) is 2.82. The van der Waals surface area contributed by atoms with Crippen molar-refractivity contribution in [1.82, 2.24) is 19.9 Å². The van der Waals surface area contributed by atoms with E-state index >= 15 is 0 Å². The number of amides is 1. The fourth-order valence-electron chi connectivity index (χ4n) is 2.78. The minimum Gasteiger partial charge on any atom is -0.408 e. The summed E-state index contributed by atoms with van der Waals surface area (Å²) in [6, 6.07) is 6.46.